The van der Waals surface area contributed by atoms with Gasteiger partial charge in [-0.3, -0.25) is 9.48 Å². The van der Waals surface area contributed by atoms with Crippen molar-refractivity contribution in [2.45, 2.75) is 26.8 Å². The fourth-order valence-corrected chi connectivity index (χ4v) is 2.94. The van der Waals surface area contributed by atoms with Gasteiger partial charge in [0.1, 0.15) is 5.69 Å². The van der Waals surface area contributed by atoms with Crippen molar-refractivity contribution in [3.8, 4) is 0 Å². The maximum Gasteiger partial charge on any atom is 0.272 e. The zero-order valence-electron chi connectivity index (χ0n) is 11.4. The van der Waals surface area contributed by atoms with Gasteiger partial charge in [-0.15, -0.1) is 11.3 Å². The summed E-state index contributed by atoms with van der Waals surface area (Å²) in [7, 11) is 1.69. The van der Waals surface area contributed by atoms with E-state index in [0.29, 0.717) is 11.4 Å². The van der Waals surface area contributed by atoms with E-state index in [-0.39, 0.29) is 11.9 Å². The summed E-state index contributed by atoms with van der Waals surface area (Å²) in [6.45, 7) is 5.83. The fraction of sp³-hybridized carbons (Fsp3) is 0.417. The molecule has 0 aliphatic carbocycles. The predicted molar refractivity (Wildman–Crippen MR) is 75.1 cm³/mol. The molecule has 0 aliphatic heterocycles. The van der Waals surface area contributed by atoms with Gasteiger partial charge in [-0.05, 0) is 20.8 Å². The molecule has 102 valence electrons. The fourth-order valence-electron chi connectivity index (χ4n) is 2.01. The summed E-state index contributed by atoms with van der Waals surface area (Å²) in [5.74, 6) is -0.226. The molecule has 0 aromatic carbocycles. The van der Waals surface area contributed by atoms with E-state index in [1.54, 1.807) is 18.4 Å². The number of hydrogen-bond acceptors (Lipinski definition) is 5. The normalized spacial score (nSPS) is 12.4. The van der Waals surface area contributed by atoms with Crippen LogP contribution in [0.15, 0.2) is 6.20 Å². The second-order valence-corrected chi connectivity index (χ2v) is 5.68. The number of hydrogen-bond donors (Lipinski definition) is 2. The Bertz CT molecular complexity index is 596. The lowest BCUT2D eigenvalue weighted by Gasteiger charge is -2.13. The lowest BCUT2D eigenvalue weighted by atomic mass is 10.2. The van der Waals surface area contributed by atoms with Gasteiger partial charge < -0.3 is 11.1 Å². The van der Waals surface area contributed by atoms with Crippen molar-refractivity contribution in [1.82, 2.24) is 20.1 Å². The summed E-state index contributed by atoms with van der Waals surface area (Å²) in [5, 5.41) is 7.88. The summed E-state index contributed by atoms with van der Waals surface area (Å²) < 4.78 is 1.47. The third-order valence-corrected chi connectivity index (χ3v) is 4.12. The summed E-state index contributed by atoms with van der Waals surface area (Å²) in [4.78, 5) is 17.6. The molecular weight excluding hydrogens is 262 g/mol. The van der Waals surface area contributed by atoms with Gasteiger partial charge in [0.15, 0.2) is 0 Å². The molecule has 6 nitrogen and oxygen atoms in total. The van der Waals surface area contributed by atoms with Crippen LogP contribution in [-0.4, -0.2) is 20.7 Å². The molecule has 7 heteroatoms. The average molecular weight is 279 g/mol. The predicted octanol–water partition coefficient (Wildman–Crippen LogP) is 1.57. The number of rotatable bonds is 3. The van der Waals surface area contributed by atoms with Gasteiger partial charge in [0.2, 0.25) is 0 Å². The van der Waals surface area contributed by atoms with Crippen molar-refractivity contribution in [3.05, 3.63) is 27.5 Å². The third-order valence-electron chi connectivity index (χ3n) is 2.86. The number of nitrogens with one attached hydrogen (secondary N) is 1. The van der Waals surface area contributed by atoms with Crippen LogP contribution in [-0.2, 0) is 7.05 Å². The lowest BCUT2D eigenvalue weighted by molar-refractivity contribution is 0.0932. The SMILES string of the molecule is Cc1nc(C)c(C(C)NC(=O)c2c(N)cnn2C)s1. The standard InChI is InChI=1S/C12H17N5OS/c1-6-11(19-8(3)15-6)7(2)16-12(18)10-9(13)5-14-17(10)4/h5,7H,13H2,1-4H3,(H,16,18). The van der Waals surface area contributed by atoms with Gasteiger partial charge in [-0.25, -0.2) is 4.98 Å². The van der Waals surface area contributed by atoms with E-state index < -0.39 is 0 Å². The Morgan fingerprint density at radius 3 is 2.68 bits per heavy atom. The zero-order chi connectivity index (χ0) is 14.2. The molecule has 0 saturated heterocycles. The van der Waals surface area contributed by atoms with Crippen LogP contribution >= 0.6 is 11.3 Å². The molecule has 0 bridgehead atoms. The second kappa shape index (κ2) is 5.00. The highest BCUT2D eigenvalue weighted by Crippen LogP contribution is 2.24. The van der Waals surface area contributed by atoms with Crippen LogP contribution in [0.2, 0.25) is 0 Å². The van der Waals surface area contributed by atoms with Crippen LogP contribution in [0.1, 0.15) is 39.0 Å². The first-order chi connectivity index (χ1) is 8.90. The van der Waals surface area contributed by atoms with Crippen molar-refractivity contribution in [3.63, 3.8) is 0 Å². The summed E-state index contributed by atoms with van der Waals surface area (Å²) in [6.07, 6.45) is 1.47. The molecule has 1 unspecified atom stereocenters. The largest absolute Gasteiger partial charge is 0.396 e. The average Bonchev–Trinajstić information content (AvgIpc) is 2.81. The summed E-state index contributed by atoms with van der Waals surface area (Å²) in [5.41, 5.74) is 7.45. The van der Waals surface area contributed by atoms with Crippen molar-refractivity contribution in [2.75, 3.05) is 5.73 Å². The minimum absolute atomic E-state index is 0.104. The van der Waals surface area contributed by atoms with Crippen LogP contribution in [0.4, 0.5) is 5.69 Å². The van der Waals surface area contributed by atoms with E-state index in [4.69, 9.17) is 5.73 Å². The van der Waals surface area contributed by atoms with E-state index in [9.17, 15) is 4.79 Å². The van der Waals surface area contributed by atoms with E-state index in [0.717, 1.165) is 15.6 Å². The quantitative estimate of drug-likeness (QED) is 0.893. The van der Waals surface area contributed by atoms with Crippen molar-refractivity contribution >= 4 is 22.9 Å². The number of nitrogens with two attached hydrogens (primary N) is 1. The first kappa shape index (κ1) is 13.5. The van der Waals surface area contributed by atoms with Crippen molar-refractivity contribution in [1.29, 1.82) is 0 Å². The second-order valence-electron chi connectivity index (χ2n) is 4.45. The molecule has 19 heavy (non-hydrogen) atoms. The molecule has 2 aromatic heterocycles. The lowest BCUT2D eigenvalue weighted by Crippen LogP contribution is -2.29. The molecule has 2 heterocycles. The molecule has 2 rings (SSSR count). The van der Waals surface area contributed by atoms with Crippen LogP contribution in [0.5, 0.6) is 0 Å². The molecule has 0 radical (unpaired) electrons. The van der Waals surface area contributed by atoms with Crippen molar-refractivity contribution in [2.24, 2.45) is 7.05 Å². The first-order valence-corrected chi connectivity index (χ1v) is 6.74. The number of nitrogens with zero attached hydrogens (tertiary/aromatic N) is 3. The number of anilines is 1. The minimum Gasteiger partial charge on any atom is -0.396 e. The van der Waals surface area contributed by atoms with Gasteiger partial charge in [0, 0.05) is 11.9 Å². The number of carbonyl (C=O) groups excluding carboxylic acids is 1. The van der Waals surface area contributed by atoms with E-state index in [1.807, 2.05) is 20.8 Å². The molecule has 1 amide bonds. The van der Waals surface area contributed by atoms with Crippen LogP contribution in [0, 0.1) is 13.8 Å². The Hall–Kier alpha value is -1.89. The van der Waals surface area contributed by atoms with E-state index in [1.165, 1.54) is 10.9 Å². The molecule has 3 N–H and O–H groups in total. The monoisotopic (exact) mass is 279 g/mol. The number of amides is 1. The molecule has 2 aromatic rings. The first-order valence-electron chi connectivity index (χ1n) is 5.92. The van der Waals surface area contributed by atoms with Gasteiger partial charge >= 0.3 is 0 Å². The van der Waals surface area contributed by atoms with E-state index in [2.05, 4.69) is 15.4 Å². The number of aryl methyl sites for hydroxylation is 3. The van der Waals surface area contributed by atoms with Crippen molar-refractivity contribution < 1.29 is 4.79 Å². The number of carbonyl (C=O) groups is 1. The number of nitrogen functional groups attached to an aromatic ring is 1. The van der Waals surface area contributed by atoms with Gasteiger partial charge in [-0.1, -0.05) is 0 Å². The smallest absolute Gasteiger partial charge is 0.272 e. The maximum absolute atomic E-state index is 12.2. The molecule has 1 atom stereocenters. The zero-order valence-corrected chi connectivity index (χ0v) is 12.2. The van der Waals surface area contributed by atoms with Gasteiger partial charge in [-0.2, -0.15) is 5.10 Å². The topological polar surface area (TPSA) is 85.8 Å². The third kappa shape index (κ3) is 2.60. The summed E-state index contributed by atoms with van der Waals surface area (Å²) in [6, 6.07) is -0.104. The molecule has 0 saturated carbocycles. The highest BCUT2D eigenvalue weighted by Gasteiger charge is 2.20. The minimum atomic E-state index is -0.226. The van der Waals surface area contributed by atoms with Crippen LogP contribution in [0.3, 0.4) is 0 Å². The highest BCUT2D eigenvalue weighted by atomic mass is 32.1. The number of thiazole rings is 1. The highest BCUT2D eigenvalue weighted by molar-refractivity contribution is 7.11. The molecule has 0 aliphatic rings. The Labute approximate surface area is 115 Å². The Kier molecular flexibility index (Phi) is 3.57. The molecule has 0 fully saturated rings. The Morgan fingerprint density at radius 2 is 2.21 bits per heavy atom. The van der Waals surface area contributed by atoms with E-state index >= 15 is 0 Å². The van der Waals surface area contributed by atoms with Crippen LogP contribution < -0.4 is 11.1 Å². The van der Waals surface area contributed by atoms with Gasteiger partial charge in [0.25, 0.3) is 5.91 Å². The van der Waals surface area contributed by atoms with Gasteiger partial charge in [0.05, 0.1) is 28.6 Å². The van der Waals surface area contributed by atoms with Crippen LogP contribution in [0.25, 0.3) is 0 Å². The maximum atomic E-state index is 12.2. The number of aromatic nitrogens is 3. The Morgan fingerprint density at radius 1 is 1.53 bits per heavy atom. The Balaban J connectivity index is 2.18. The molecule has 0 spiro atoms. The summed E-state index contributed by atoms with van der Waals surface area (Å²) >= 11 is 1.59. The molecular formula is C12H17N5OS.